The van der Waals surface area contributed by atoms with E-state index in [2.05, 4.69) is 37.2 Å². The van der Waals surface area contributed by atoms with Crippen molar-refractivity contribution in [3.63, 3.8) is 0 Å². The smallest absolute Gasteiger partial charge is 0.129 e. The molecule has 0 radical (unpaired) electrons. The highest BCUT2D eigenvalue weighted by Gasteiger charge is 2.16. The lowest BCUT2D eigenvalue weighted by atomic mass is 9.98. The number of benzene rings is 2. The molecule has 0 saturated carbocycles. The highest BCUT2D eigenvalue weighted by atomic mass is 79.9. The maximum absolute atomic E-state index is 14.0. The first kappa shape index (κ1) is 13.7. The quantitative estimate of drug-likeness (QED) is 0.826. The van der Waals surface area contributed by atoms with Crippen LogP contribution in [-0.2, 0) is 0 Å². The second kappa shape index (κ2) is 5.95. The average Bonchev–Trinajstić information content (AvgIpc) is 2.35. The fraction of sp³-hybridized carbons (Fsp3) is 0.143. The van der Waals surface area contributed by atoms with Crippen molar-refractivity contribution in [2.24, 2.45) is 0 Å². The second-order valence-electron chi connectivity index (χ2n) is 3.94. The van der Waals surface area contributed by atoms with Crippen LogP contribution in [0.1, 0.15) is 17.2 Å². The van der Waals surface area contributed by atoms with Gasteiger partial charge in [0.2, 0.25) is 0 Å². The molecule has 2 rings (SSSR count). The van der Waals surface area contributed by atoms with Crippen LogP contribution < -0.4 is 5.32 Å². The Bertz CT molecular complexity index is 540. The molecule has 0 saturated heterocycles. The highest BCUT2D eigenvalue weighted by molar-refractivity contribution is 9.10. The third-order valence-electron chi connectivity index (χ3n) is 2.77. The summed E-state index contributed by atoms with van der Waals surface area (Å²) in [4.78, 5) is 0. The molecule has 0 amide bonds. The molecule has 1 atom stereocenters. The van der Waals surface area contributed by atoms with Crippen LogP contribution in [0.25, 0.3) is 0 Å². The number of hydrogen-bond donors (Lipinski definition) is 1. The van der Waals surface area contributed by atoms with E-state index in [9.17, 15) is 4.39 Å². The lowest BCUT2D eigenvalue weighted by molar-refractivity contribution is 0.575. The van der Waals surface area contributed by atoms with Gasteiger partial charge >= 0.3 is 0 Å². The van der Waals surface area contributed by atoms with Crippen molar-refractivity contribution in [2.75, 3.05) is 7.05 Å². The van der Waals surface area contributed by atoms with Crippen LogP contribution in [-0.4, -0.2) is 7.05 Å². The van der Waals surface area contributed by atoms with Crippen LogP contribution in [0.4, 0.5) is 4.39 Å². The summed E-state index contributed by atoms with van der Waals surface area (Å²) in [6.07, 6.45) is 0. The SMILES string of the molecule is CNC(c1ccc(Br)cc1)c1ccc(Br)cc1F. The molecule has 0 aliphatic rings. The molecule has 18 heavy (non-hydrogen) atoms. The Labute approximate surface area is 123 Å². The van der Waals surface area contributed by atoms with Crippen molar-refractivity contribution in [2.45, 2.75) is 6.04 Å². The van der Waals surface area contributed by atoms with E-state index in [1.807, 2.05) is 37.4 Å². The Balaban J connectivity index is 2.41. The van der Waals surface area contributed by atoms with Gasteiger partial charge in [-0.15, -0.1) is 0 Å². The van der Waals surface area contributed by atoms with Crippen LogP contribution in [0.15, 0.2) is 51.4 Å². The minimum atomic E-state index is -0.216. The molecular weight excluding hydrogens is 361 g/mol. The molecule has 0 heterocycles. The van der Waals surface area contributed by atoms with Gasteiger partial charge in [0.15, 0.2) is 0 Å². The first-order chi connectivity index (χ1) is 8.61. The Hall–Kier alpha value is -0.710. The van der Waals surface area contributed by atoms with Crippen LogP contribution in [0, 0.1) is 5.82 Å². The Kier molecular flexibility index (Phi) is 4.54. The summed E-state index contributed by atoms with van der Waals surface area (Å²) in [5, 5.41) is 3.14. The van der Waals surface area contributed by atoms with E-state index in [4.69, 9.17) is 0 Å². The van der Waals surface area contributed by atoms with Gasteiger partial charge in [-0.3, -0.25) is 0 Å². The zero-order valence-corrected chi connectivity index (χ0v) is 12.9. The standard InChI is InChI=1S/C14H12Br2FN/c1-18-14(9-2-4-10(15)5-3-9)12-7-6-11(16)8-13(12)17/h2-8,14,18H,1H3. The third kappa shape index (κ3) is 2.99. The van der Waals surface area contributed by atoms with Crippen molar-refractivity contribution in [3.8, 4) is 0 Å². The second-order valence-corrected chi connectivity index (χ2v) is 5.77. The molecule has 1 unspecified atom stereocenters. The molecule has 1 N–H and O–H groups in total. The normalized spacial score (nSPS) is 12.4. The molecule has 2 aromatic rings. The van der Waals surface area contributed by atoms with Gasteiger partial charge in [-0.1, -0.05) is 50.1 Å². The Morgan fingerprint density at radius 2 is 1.61 bits per heavy atom. The minimum absolute atomic E-state index is 0.147. The Morgan fingerprint density at radius 1 is 1.00 bits per heavy atom. The zero-order chi connectivity index (χ0) is 13.1. The van der Waals surface area contributed by atoms with Crippen LogP contribution in [0.5, 0.6) is 0 Å². The van der Waals surface area contributed by atoms with Gasteiger partial charge in [0.1, 0.15) is 5.82 Å². The minimum Gasteiger partial charge on any atom is -0.309 e. The summed E-state index contributed by atoms with van der Waals surface area (Å²) in [5.74, 6) is -0.216. The topological polar surface area (TPSA) is 12.0 Å². The van der Waals surface area contributed by atoms with Crippen molar-refractivity contribution < 1.29 is 4.39 Å². The van der Waals surface area contributed by atoms with Gasteiger partial charge in [0.05, 0.1) is 6.04 Å². The average molecular weight is 373 g/mol. The summed E-state index contributed by atoms with van der Waals surface area (Å²) < 4.78 is 15.7. The van der Waals surface area contributed by atoms with Gasteiger partial charge in [-0.25, -0.2) is 4.39 Å². The van der Waals surface area contributed by atoms with Gasteiger partial charge in [-0.05, 0) is 36.9 Å². The lowest BCUT2D eigenvalue weighted by Crippen LogP contribution is -2.18. The van der Waals surface area contributed by atoms with Gasteiger partial charge in [0, 0.05) is 14.5 Å². The van der Waals surface area contributed by atoms with E-state index in [-0.39, 0.29) is 11.9 Å². The molecule has 2 aromatic carbocycles. The maximum atomic E-state index is 14.0. The van der Waals surface area contributed by atoms with E-state index in [1.165, 1.54) is 6.07 Å². The molecule has 0 bridgehead atoms. The predicted octanol–water partition coefficient (Wildman–Crippen LogP) is 4.66. The molecule has 0 aliphatic heterocycles. The van der Waals surface area contributed by atoms with E-state index < -0.39 is 0 Å². The molecule has 1 nitrogen and oxygen atoms in total. The third-order valence-corrected chi connectivity index (χ3v) is 3.79. The maximum Gasteiger partial charge on any atom is 0.129 e. The first-order valence-electron chi connectivity index (χ1n) is 5.49. The van der Waals surface area contributed by atoms with Crippen LogP contribution >= 0.6 is 31.9 Å². The number of nitrogens with one attached hydrogen (secondary N) is 1. The first-order valence-corrected chi connectivity index (χ1v) is 7.08. The number of halogens is 3. The van der Waals surface area contributed by atoms with Crippen LogP contribution in [0.2, 0.25) is 0 Å². The summed E-state index contributed by atoms with van der Waals surface area (Å²) in [5.41, 5.74) is 1.67. The molecular formula is C14H12Br2FN. The molecule has 0 aromatic heterocycles. The lowest BCUT2D eigenvalue weighted by Gasteiger charge is -2.18. The van der Waals surface area contributed by atoms with Crippen molar-refractivity contribution >= 4 is 31.9 Å². The van der Waals surface area contributed by atoms with E-state index in [1.54, 1.807) is 6.07 Å². The fourth-order valence-corrected chi connectivity index (χ4v) is 2.49. The van der Waals surface area contributed by atoms with Gasteiger partial charge < -0.3 is 5.32 Å². The zero-order valence-electron chi connectivity index (χ0n) is 9.75. The fourth-order valence-electron chi connectivity index (χ4n) is 1.89. The van der Waals surface area contributed by atoms with E-state index >= 15 is 0 Å². The molecule has 0 aliphatic carbocycles. The number of hydrogen-bond acceptors (Lipinski definition) is 1. The Morgan fingerprint density at radius 3 is 2.17 bits per heavy atom. The van der Waals surface area contributed by atoms with Crippen molar-refractivity contribution in [1.82, 2.24) is 5.32 Å². The number of rotatable bonds is 3. The monoisotopic (exact) mass is 371 g/mol. The van der Waals surface area contributed by atoms with Gasteiger partial charge in [0.25, 0.3) is 0 Å². The summed E-state index contributed by atoms with van der Waals surface area (Å²) >= 11 is 6.66. The summed E-state index contributed by atoms with van der Waals surface area (Å²) in [7, 11) is 1.83. The van der Waals surface area contributed by atoms with Crippen LogP contribution in [0.3, 0.4) is 0 Å². The van der Waals surface area contributed by atoms with E-state index in [0.717, 1.165) is 14.5 Å². The summed E-state index contributed by atoms with van der Waals surface area (Å²) in [6.45, 7) is 0. The highest BCUT2D eigenvalue weighted by Crippen LogP contribution is 2.27. The molecule has 4 heteroatoms. The van der Waals surface area contributed by atoms with Crippen molar-refractivity contribution in [1.29, 1.82) is 0 Å². The van der Waals surface area contributed by atoms with Crippen molar-refractivity contribution in [3.05, 3.63) is 68.4 Å². The molecule has 94 valence electrons. The molecule has 0 spiro atoms. The van der Waals surface area contributed by atoms with Gasteiger partial charge in [-0.2, -0.15) is 0 Å². The van der Waals surface area contributed by atoms with E-state index in [0.29, 0.717) is 5.56 Å². The predicted molar refractivity (Wildman–Crippen MR) is 79.1 cm³/mol. The largest absolute Gasteiger partial charge is 0.309 e. The summed E-state index contributed by atoms with van der Waals surface area (Å²) in [6, 6.07) is 12.8. The molecule has 0 fully saturated rings.